The second-order valence-electron chi connectivity index (χ2n) is 9.26. The van der Waals surface area contributed by atoms with Crippen LogP contribution in [0.25, 0.3) is 0 Å². The molecule has 5 unspecified atom stereocenters. The van der Waals surface area contributed by atoms with Crippen LogP contribution in [0.1, 0.15) is 75.7 Å². The molecule has 0 aliphatic heterocycles. The largest absolute Gasteiger partial charge is 0.397 e. The van der Waals surface area contributed by atoms with Crippen LogP contribution in [-0.2, 0) is 14.6 Å². The van der Waals surface area contributed by atoms with Crippen LogP contribution in [0.15, 0.2) is 0 Å². The molecule has 4 aliphatic rings. The standard InChI is InChI=1S/C19H32O5S/c1-18-9-7-13(24-25(21,22)23)11-12(18)3-4-14-15-5-6-17(20)19(15,2)10-8-16(14)18/h12-17,20H,3-11H2,1-2H3,(H,21,22,23)/t12-,13-,14?,15?,16?,17-,18?,19?/m0/s1/i6D2,17D. The van der Waals surface area contributed by atoms with Crippen molar-refractivity contribution in [2.75, 3.05) is 0 Å². The lowest BCUT2D eigenvalue weighted by molar-refractivity contribution is -0.131. The summed E-state index contributed by atoms with van der Waals surface area (Å²) in [6.45, 7) is 4.17. The van der Waals surface area contributed by atoms with E-state index < -0.39 is 34.4 Å². The van der Waals surface area contributed by atoms with Crippen molar-refractivity contribution < 1.29 is 26.4 Å². The molecule has 0 aromatic carbocycles. The van der Waals surface area contributed by atoms with Crippen LogP contribution in [0.5, 0.6) is 0 Å². The molecule has 0 radical (unpaired) electrons. The van der Waals surface area contributed by atoms with Gasteiger partial charge in [0.15, 0.2) is 0 Å². The summed E-state index contributed by atoms with van der Waals surface area (Å²) in [5.74, 6) is 0.981. The van der Waals surface area contributed by atoms with E-state index in [1.165, 1.54) is 0 Å². The van der Waals surface area contributed by atoms with Crippen molar-refractivity contribution in [3.63, 3.8) is 0 Å². The summed E-state index contributed by atoms with van der Waals surface area (Å²) in [5.41, 5.74) is -0.703. The van der Waals surface area contributed by atoms with Crippen LogP contribution < -0.4 is 0 Å². The van der Waals surface area contributed by atoms with Crippen molar-refractivity contribution in [3.05, 3.63) is 0 Å². The van der Waals surface area contributed by atoms with E-state index in [4.69, 9.17) is 12.8 Å². The molecule has 6 heteroatoms. The van der Waals surface area contributed by atoms with Gasteiger partial charge in [-0.25, -0.2) is 4.18 Å². The monoisotopic (exact) mass is 375 g/mol. The molecule has 0 amide bonds. The molecule has 0 spiro atoms. The zero-order valence-electron chi connectivity index (χ0n) is 18.1. The Labute approximate surface area is 155 Å². The Balaban J connectivity index is 1.58. The highest BCUT2D eigenvalue weighted by molar-refractivity contribution is 7.80. The molecular formula is C19H32O5S. The van der Waals surface area contributed by atoms with Crippen molar-refractivity contribution in [1.82, 2.24) is 0 Å². The van der Waals surface area contributed by atoms with Gasteiger partial charge in [0.25, 0.3) is 0 Å². The fourth-order valence-electron chi connectivity index (χ4n) is 6.88. The van der Waals surface area contributed by atoms with Gasteiger partial charge >= 0.3 is 10.4 Å². The first-order valence-corrected chi connectivity index (χ1v) is 11.0. The number of hydrogen-bond acceptors (Lipinski definition) is 4. The minimum absolute atomic E-state index is 0.00619. The fraction of sp³-hybridized carbons (Fsp3) is 1.00. The molecule has 0 aromatic heterocycles. The summed E-state index contributed by atoms with van der Waals surface area (Å²) in [7, 11) is -4.44. The molecule has 4 rings (SSSR count). The maximum Gasteiger partial charge on any atom is 0.397 e. The highest BCUT2D eigenvalue weighted by atomic mass is 32.3. The fourth-order valence-corrected chi connectivity index (χ4v) is 7.40. The second-order valence-corrected chi connectivity index (χ2v) is 10.3. The molecule has 25 heavy (non-hydrogen) atoms. The van der Waals surface area contributed by atoms with E-state index in [-0.39, 0.29) is 23.7 Å². The average molecular weight is 376 g/mol. The van der Waals surface area contributed by atoms with Crippen LogP contribution in [0, 0.1) is 34.5 Å². The normalized spacial score (nSPS) is 59.7. The van der Waals surface area contributed by atoms with Crippen molar-refractivity contribution in [2.24, 2.45) is 34.5 Å². The van der Waals surface area contributed by atoms with Crippen LogP contribution in [0.4, 0.5) is 0 Å². The van der Waals surface area contributed by atoms with Crippen molar-refractivity contribution in [1.29, 1.82) is 0 Å². The van der Waals surface area contributed by atoms with Gasteiger partial charge in [-0.15, -0.1) is 0 Å². The van der Waals surface area contributed by atoms with E-state index in [0.29, 0.717) is 31.1 Å². The third kappa shape index (κ3) is 2.88. The second kappa shape index (κ2) is 5.91. The molecular weight excluding hydrogens is 340 g/mol. The first kappa shape index (κ1) is 14.8. The first-order valence-electron chi connectivity index (χ1n) is 11.1. The quantitative estimate of drug-likeness (QED) is 0.721. The van der Waals surface area contributed by atoms with Gasteiger partial charge in [0.2, 0.25) is 0 Å². The first-order chi connectivity index (χ1) is 12.7. The minimum atomic E-state index is -4.44. The Morgan fingerprint density at radius 3 is 2.48 bits per heavy atom. The number of rotatable bonds is 2. The lowest BCUT2D eigenvalue weighted by Gasteiger charge is -2.60. The maximum atomic E-state index is 11.1. The molecule has 2 N–H and O–H groups in total. The van der Waals surface area contributed by atoms with E-state index in [1.54, 1.807) is 0 Å². The molecule has 4 saturated carbocycles. The number of aliphatic hydroxyl groups is 1. The molecule has 0 aromatic rings. The molecule has 4 fully saturated rings. The maximum absolute atomic E-state index is 11.1. The van der Waals surface area contributed by atoms with Gasteiger partial charge in [0.05, 0.1) is 13.6 Å². The van der Waals surface area contributed by atoms with Gasteiger partial charge in [-0.2, -0.15) is 8.42 Å². The highest BCUT2D eigenvalue weighted by Gasteiger charge is 2.60. The smallest absolute Gasteiger partial charge is 0.393 e. The van der Waals surface area contributed by atoms with E-state index in [0.717, 1.165) is 25.7 Å². The Bertz CT molecular complexity index is 757. The van der Waals surface area contributed by atoms with Crippen molar-refractivity contribution in [3.8, 4) is 0 Å². The highest BCUT2D eigenvalue weighted by Crippen LogP contribution is 2.66. The van der Waals surface area contributed by atoms with Gasteiger partial charge in [-0.05, 0) is 92.2 Å². The summed E-state index contributed by atoms with van der Waals surface area (Å²) < 4.78 is 61.1. The molecule has 0 saturated heterocycles. The lowest BCUT2D eigenvalue weighted by atomic mass is 9.45. The van der Waals surface area contributed by atoms with Gasteiger partial charge < -0.3 is 5.11 Å². The molecule has 4 aliphatic carbocycles. The zero-order chi connectivity index (χ0) is 20.8. The SMILES string of the molecule is [2H]C1([2H])CC2C3CC[C@H]4C[C@@H](OS(=O)(=O)O)CCC4(C)C3CCC2(C)[C@@]1([2H])O. The Kier molecular flexibility index (Phi) is 3.51. The summed E-state index contributed by atoms with van der Waals surface area (Å²) in [6, 6.07) is 0. The minimum Gasteiger partial charge on any atom is -0.393 e. The van der Waals surface area contributed by atoms with Gasteiger partial charge in [-0.1, -0.05) is 13.8 Å². The van der Waals surface area contributed by atoms with E-state index in [9.17, 15) is 13.5 Å². The summed E-state index contributed by atoms with van der Waals surface area (Å²) >= 11 is 0. The van der Waals surface area contributed by atoms with Crippen molar-refractivity contribution >= 4 is 10.4 Å². The van der Waals surface area contributed by atoms with E-state index in [2.05, 4.69) is 6.92 Å². The van der Waals surface area contributed by atoms with Gasteiger partial charge in [-0.3, -0.25) is 4.55 Å². The zero-order valence-corrected chi connectivity index (χ0v) is 15.9. The predicted molar refractivity (Wildman–Crippen MR) is 94.2 cm³/mol. The summed E-state index contributed by atoms with van der Waals surface area (Å²) in [6.07, 6.45) is 1.15. The number of hydrogen-bond donors (Lipinski definition) is 2. The van der Waals surface area contributed by atoms with E-state index in [1.807, 2.05) is 6.92 Å². The van der Waals surface area contributed by atoms with Crippen LogP contribution in [0.3, 0.4) is 0 Å². The third-order valence-electron chi connectivity index (χ3n) is 8.30. The van der Waals surface area contributed by atoms with E-state index >= 15 is 0 Å². The third-order valence-corrected chi connectivity index (χ3v) is 8.81. The Morgan fingerprint density at radius 2 is 1.76 bits per heavy atom. The molecule has 144 valence electrons. The number of fused-ring (bicyclic) bond motifs is 5. The van der Waals surface area contributed by atoms with Crippen LogP contribution >= 0.6 is 0 Å². The Hall–Kier alpha value is -0.170. The van der Waals surface area contributed by atoms with Crippen molar-refractivity contribution in [2.45, 2.75) is 83.8 Å². The molecule has 5 nitrogen and oxygen atoms in total. The molecule has 0 bridgehead atoms. The van der Waals surface area contributed by atoms with Gasteiger partial charge in [0, 0.05) is 2.74 Å². The Morgan fingerprint density at radius 1 is 1.08 bits per heavy atom. The summed E-state index contributed by atoms with van der Waals surface area (Å²) in [5, 5.41) is 10.8. The summed E-state index contributed by atoms with van der Waals surface area (Å²) in [4.78, 5) is 0. The predicted octanol–water partition coefficient (Wildman–Crippen LogP) is 3.58. The topological polar surface area (TPSA) is 83.8 Å². The lowest BCUT2D eigenvalue weighted by Crippen LogP contribution is -2.54. The molecule has 0 heterocycles. The average Bonchev–Trinajstić information content (AvgIpc) is 2.70. The van der Waals surface area contributed by atoms with Gasteiger partial charge in [0.1, 0.15) is 0 Å². The van der Waals surface area contributed by atoms with Crippen LogP contribution in [0.2, 0.25) is 0 Å². The van der Waals surface area contributed by atoms with Crippen LogP contribution in [-0.4, -0.2) is 30.3 Å². The molecule has 8 atom stereocenters.